The molecule has 14 aromatic rings. The molecule has 2 heterocycles. The summed E-state index contributed by atoms with van der Waals surface area (Å²) in [6.45, 7) is 13.7. The van der Waals surface area contributed by atoms with Crippen molar-refractivity contribution in [1.29, 1.82) is 0 Å². The van der Waals surface area contributed by atoms with Crippen LogP contribution in [0.15, 0.2) is 251 Å². The zero-order valence-electron chi connectivity index (χ0n) is 47.3. The van der Waals surface area contributed by atoms with Gasteiger partial charge < -0.3 is 18.6 Å². The second-order valence-corrected chi connectivity index (χ2v) is 25.1. The van der Waals surface area contributed by atoms with Crippen LogP contribution in [0.25, 0.3) is 99.2 Å². The van der Waals surface area contributed by atoms with Crippen molar-refractivity contribution in [3.63, 3.8) is 0 Å². The molecule has 4 heteroatoms. The predicted octanol–water partition coefficient (Wildman–Crippen LogP) is 22.2. The van der Waals surface area contributed by atoms with E-state index < -0.39 is 5.41 Å². The van der Waals surface area contributed by atoms with Crippen molar-refractivity contribution in [3.05, 3.63) is 276 Å². The highest BCUT2D eigenvalue weighted by Gasteiger charge is 2.53. The second-order valence-electron chi connectivity index (χ2n) is 25.1. The molecule has 396 valence electrons. The summed E-state index contributed by atoms with van der Waals surface area (Å²) in [7, 11) is 0. The van der Waals surface area contributed by atoms with E-state index in [-0.39, 0.29) is 10.8 Å². The molecule has 0 radical (unpaired) electrons. The van der Waals surface area contributed by atoms with E-state index in [0.29, 0.717) is 0 Å². The number of para-hydroxylation sites is 4. The van der Waals surface area contributed by atoms with Gasteiger partial charge in [-0.15, -0.1) is 0 Å². The number of rotatable bonds is 6. The van der Waals surface area contributed by atoms with E-state index in [2.05, 4.69) is 294 Å². The van der Waals surface area contributed by atoms with Crippen LogP contribution in [0.5, 0.6) is 0 Å². The monoisotopic (exact) mass is 1070 g/mol. The summed E-state index contributed by atoms with van der Waals surface area (Å²) in [5, 5.41) is 7.00. The summed E-state index contributed by atoms with van der Waals surface area (Å²) < 4.78 is 13.9. The Bertz CT molecular complexity index is 4830. The first-order valence-electron chi connectivity index (χ1n) is 29.1. The van der Waals surface area contributed by atoms with Crippen molar-refractivity contribution in [2.45, 2.75) is 57.8 Å². The van der Waals surface area contributed by atoms with Gasteiger partial charge in [0.15, 0.2) is 11.2 Å². The zero-order valence-corrected chi connectivity index (χ0v) is 47.3. The third-order valence-electron chi connectivity index (χ3n) is 18.5. The number of fused-ring (bicyclic) bond motifs is 20. The number of anilines is 6. The van der Waals surface area contributed by atoms with Gasteiger partial charge in [0, 0.05) is 44.3 Å². The largest absolute Gasteiger partial charge is 0.454 e. The lowest BCUT2D eigenvalue weighted by molar-refractivity contribution is 0.590. The molecule has 0 saturated carbocycles. The van der Waals surface area contributed by atoms with Gasteiger partial charge in [0.05, 0.1) is 16.8 Å². The van der Waals surface area contributed by atoms with Gasteiger partial charge in [0.1, 0.15) is 11.2 Å². The van der Waals surface area contributed by atoms with Crippen LogP contribution in [-0.4, -0.2) is 0 Å². The fourth-order valence-corrected chi connectivity index (χ4v) is 14.7. The molecule has 4 nitrogen and oxygen atoms in total. The Morgan fingerprint density at radius 1 is 0.301 bits per heavy atom. The Kier molecular flexibility index (Phi) is 9.85. The summed E-state index contributed by atoms with van der Waals surface area (Å²) >= 11 is 0. The molecule has 0 aliphatic heterocycles. The topological polar surface area (TPSA) is 32.8 Å². The molecular formula is C79H58N2O2. The average Bonchev–Trinajstić information content (AvgIpc) is 1.55. The van der Waals surface area contributed by atoms with Gasteiger partial charge in [-0.05, 0) is 178 Å². The van der Waals surface area contributed by atoms with Crippen LogP contribution < -0.4 is 9.80 Å². The Hall–Kier alpha value is -9.90. The minimum absolute atomic E-state index is 0.0221. The molecule has 2 aromatic heterocycles. The first kappa shape index (κ1) is 47.9. The maximum Gasteiger partial charge on any atom is 0.159 e. The maximum atomic E-state index is 6.94. The Morgan fingerprint density at radius 3 is 1.25 bits per heavy atom. The van der Waals surface area contributed by atoms with Crippen LogP contribution in [0.2, 0.25) is 0 Å². The molecule has 0 amide bonds. The Morgan fingerprint density at radius 2 is 0.723 bits per heavy atom. The quantitative estimate of drug-likeness (QED) is 0.166. The molecule has 0 bridgehead atoms. The van der Waals surface area contributed by atoms with Gasteiger partial charge in [-0.3, -0.25) is 0 Å². The first-order valence-corrected chi connectivity index (χ1v) is 29.1. The lowest BCUT2D eigenvalue weighted by Gasteiger charge is -2.33. The summed E-state index contributed by atoms with van der Waals surface area (Å²) in [5.74, 6) is 0. The van der Waals surface area contributed by atoms with Crippen LogP contribution in [0.3, 0.4) is 0 Å². The zero-order chi connectivity index (χ0) is 55.7. The molecule has 17 rings (SSSR count). The minimum atomic E-state index is -0.763. The molecule has 12 aromatic carbocycles. The van der Waals surface area contributed by atoms with E-state index in [0.717, 1.165) is 78.0 Å². The molecular weight excluding hydrogens is 1010 g/mol. The van der Waals surface area contributed by atoms with Crippen LogP contribution in [0.4, 0.5) is 34.1 Å². The van der Waals surface area contributed by atoms with E-state index in [1.165, 1.54) is 88.7 Å². The molecule has 0 fully saturated rings. The van der Waals surface area contributed by atoms with E-state index in [1.807, 2.05) is 0 Å². The average molecular weight is 1070 g/mol. The molecule has 1 spiro atoms. The maximum absolute atomic E-state index is 6.94. The smallest absolute Gasteiger partial charge is 0.159 e. The fraction of sp³-hybridized carbons (Fsp3) is 0.114. The van der Waals surface area contributed by atoms with Crippen molar-refractivity contribution in [2.75, 3.05) is 9.80 Å². The Labute approximate surface area is 483 Å². The lowest BCUT2D eigenvalue weighted by atomic mass is 9.70. The van der Waals surface area contributed by atoms with Crippen molar-refractivity contribution < 1.29 is 8.83 Å². The van der Waals surface area contributed by atoms with Crippen molar-refractivity contribution in [3.8, 4) is 44.5 Å². The summed E-state index contributed by atoms with van der Waals surface area (Å²) in [5.41, 5.74) is 26.6. The first-order chi connectivity index (χ1) is 40.4. The van der Waals surface area contributed by atoms with E-state index >= 15 is 0 Å². The molecule has 0 saturated heterocycles. The van der Waals surface area contributed by atoms with E-state index in [4.69, 9.17) is 8.83 Å². The fourth-order valence-electron chi connectivity index (χ4n) is 14.7. The minimum Gasteiger partial charge on any atom is -0.454 e. The number of hydrogen-bond donors (Lipinski definition) is 0. The number of furan rings is 2. The normalized spacial score (nSPS) is 13.5. The second kappa shape index (κ2) is 17.1. The van der Waals surface area contributed by atoms with Gasteiger partial charge in [0.2, 0.25) is 0 Å². The number of hydrogen-bond acceptors (Lipinski definition) is 4. The number of nitrogens with zero attached hydrogens (tertiary/aromatic N) is 2. The van der Waals surface area contributed by atoms with E-state index in [9.17, 15) is 0 Å². The highest BCUT2D eigenvalue weighted by molar-refractivity contribution is 6.21. The predicted molar refractivity (Wildman–Crippen MR) is 346 cm³/mol. The third-order valence-corrected chi connectivity index (χ3v) is 18.5. The van der Waals surface area contributed by atoms with Crippen molar-refractivity contribution >= 4 is 88.8 Å². The van der Waals surface area contributed by atoms with Crippen molar-refractivity contribution in [2.24, 2.45) is 0 Å². The standard InChI is InChI=1S/C79H58N2O2/c1-77(2,3)47-32-36-49(37-33-47)80(69-28-16-24-60-57-20-10-13-30-71(57)82-75(60)69)51-40-42-55-56-43-41-52(81(50-38-34-48(35-39-50)78(4,5)6)70-29-17-25-61-58-21-11-14-31-72(58)83-76(61)70)45-67(56)79(66(55)44-51)65-27-12-9-22-62(65)74-63-26-15-23-59-53-18-7-8-19-54(53)64(73(59)63)46-68(74)79/h7-46H,1-6H3. The molecule has 3 aliphatic carbocycles. The molecule has 0 unspecified atom stereocenters. The molecule has 83 heavy (non-hydrogen) atoms. The van der Waals surface area contributed by atoms with Gasteiger partial charge in [-0.2, -0.15) is 0 Å². The van der Waals surface area contributed by atoms with Crippen LogP contribution in [0.1, 0.15) is 74.9 Å². The van der Waals surface area contributed by atoms with Gasteiger partial charge in [-0.1, -0.05) is 205 Å². The van der Waals surface area contributed by atoms with E-state index in [1.54, 1.807) is 0 Å². The SMILES string of the molecule is CC(C)(C)c1ccc(N(c2ccc3c(c2)C2(c4cc(N(c5ccc(C(C)(C)C)cc5)c5cccc6c5oc5ccccc56)ccc4-3)c3ccccc3-c3c2cc2c4c(cccc34)-c3ccccc3-2)c2cccc3c2oc2ccccc23)cc1. The van der Waals surface area contributed by atoms with Crippen LogP contribution in [0, 0.1) is 0 Å². The Balaban J connectivity index is 0.970. The molecule has 3 aliphatic rings. The highest BCUT2D eigenvalue weighted by Crippen LogP contribution is 2.67. The van der Waals surface area contributed by atoms with Gasteiger partial charge >= 0.3 is 0 Å². The lowest BCUT2D eigenvalue weighted by Crippen LogP contribution is -2.26. The molecule has 0 N–H and O–H groups in total. The highest BCUT2D eigenvalue weighted by atomic mass is 16.3. The van der Waals surface area contributed by atoms with Crippen LogP contribution >= 0.6 is 0 Å². The molecule has 0 atom stereocenters. The number of benzene rings is 12. The summed E-state index contributed by atoms with van der Waals surface area (Å²) in [6.07, 6.45) is 0. The van der Waals surface area contributed by atoms with Gasteiger partial charge in [0.25, 0.3) is 0 Å². The van der Waals surface area contributed by atoms with Gasteiger partial charge in [-0.25, -0.2) is 0 Å². The third kappa shape index (κ3) is 6.69. The van der Waals surface area contributed by atoms with Crippen LogP contribution in [-0.2, 0) is 16.2 Å². The summed E-state index contributed by atoms with van der Waals surface area (Å²) in [4.78, 5) is 4.86. The van der Waals surface area contributed by atoms with Crippen molar-refractivity contribution in [1.82, 2.24) is 0 Å². The summed E-state index contributed by atoms with van der Waals surface area (Å²) in [6, 6.07) is 90.7.